The van der Waals surface area contributed by atoms with Crippen molar-refractivity contribution in [2.75, 3.05) is 18.0 Å². The Morgan fingerprint density at radius 2 is 1.88 bits per heavy atom. The molecule has 4 rings (SSSR count). The molecule has 0 unspecified atom stereocenters. The van der Waals surface area contributed by atoms with Crippen LogP contribution in [0, 0.1) is 0 Å². The number of carbonyl (C=O) groups is 1. The maximum atomic E-state index is 12.9. The number of benzene rings is 1. The second-order valence-electron chi connectivity index (χ2n) is 8.36. The number of aromatic nitrogens is 2. The van der Waals surface area contributed by atoms with Crippen LogP contribution in [0.5, 0.6) is 5.75 Å². The van der Waals surface area contributed by atoms with Crippen LogP contribution < -0.4 is 14.4 Å². The van der Waals surface area contributed by atoms with Gasteiger partial charge in [0.2, 0.25) is 10.0 Å². The molecule has 1 saturated heterocycles. The molecule has 176 valence electrons. The number of nitrogens with zero attached hydrogens (tertiary/aromatic N) is 3. The number of ether oxygens (including phenoxy) is 1. The first-order valence-electron chi connectivity index (χ1n) is 10.9. The van der Waals surface area contributed by atoms with Gasteiger partial charge in [0.05, 0.1) is 23.2 Å². The minimum Gasteiger partial charge on any atom is -0.491 e. The van der Waals surface area contributed by atoms with E-state index in [1.807, 2.05) is 36.7 Å². The van der Waals surface area contributed by atoms with E-state index in [9.17, 15) is 13.2 Å². The van der Waals surface area contributed by atoms with Crippen molar-refractivity contribution in [2.24, 2.45) is 0 Å². The molecule has 1 aliphatic heterocycles. The van der Waals surface area contributed by atoms with Crippen LogP contribution in [0.3, 0.4) is 0 Å². The Balaban J connectivity index is 1.43. The van der Waals surface area contributed by atoms with Crippen LogP contribution in [0.2, 0.25) is 0 Å². The summed E-state index contributed by atoms with van der Waals surface area (Å²) in [7, 11) is -3.61. The molecule has 8 nitrogen and oxygen atoms in total. The van der Waals surface area contributed by atoms with Crippen molar-refractivity contribution in [1.29, 1.82) is 0 Å². The molecule has 2 aromatic heterocycles. The normalized spacial score (nSPS) is 15.3. The van der Waals surface area contributed by atoms with Crippen LogP contribution in [0.15, 0.2) is 52.1 Å². The van der Waals surface area contributed by atoms with Gasteiger partial charge in [0, 0.05) is 30.7 Å². The Hall–Kier alpha value is -2.43. The van der Waals surface area contributed by atoms with Crippen LogP contribution in [-0.2, 0) is 21.4 Å². The number of aldehydes is 1. The maximum Gasteiger partial charge on any atom is 0.240 e. The van der Waals surface area contributed by atoms with Gasteiger partial charge in [0.25, 0.3) is 0 Å². The van der Waals surface area contributed by atoms with Crippen molar-refractivity contribution in [3.8, 4) is 5.75 Å². The molecular formula is C23H27BrN4O4S. The van der Waals surface area contributed by atoms with Gasteiger partial charge in [-0.1, -0.05) is 0 Å². The van der Waals surface area contributed by atoms with Crippen molar-refractivity contribution in [1.82, 2.24) is 14.3 Å². The van der Waals surface area contributed by atoms with Crippen LogP contribution in [0.1, 0.15) is 26.7 Å². The highest BCUT2D eigenvalue weighted by Crippen LogP contribution is 2.31. The summed E-state index contributed by atoms with van der Waals surface area (Å²) in [5.41, 5.74) is 1.76. The predicted octanol–water partition coefficient (Wildman–Crippen LogP) is 3.73. The zero-order valence-corrected chi connectivity index (χ0v) is 21.0. The minimum atomic E-state index is -3.61. The lowest BCUT2D eigenvalue weighted by molar-refractivity contribution is -0.108. The lowest BCUT2D eigenvalue weighted by atomic mass is 10.1. The summed E-state index contributed by atoms with van der Waals surface area (Å²) in [6, 6.07) is 10.2. The number of nitrogens with one attached hydrogen (secondary N) is 1. The molecule has 0 spiro atoms. The molecule has 0 bridgehead atoms. The van der Waals surface area contributed by atoms with E-state index in [0.717, 1.165) is 23.0 Å². The van der Waals surface area contributed by atoms with Crippen molar-refractivity contribution in [2.45, 2.75) is 50.3 Å². The first kappa shape index (κ1) is 23.7. The third kappa shape index (κ3) is 5.39. The van der Waals surface area contributed by atoms with Gasteiger partial charge in [-0.3, -0.25) is 0 Å². The van der Waals surface area contributed by atoms with Gasteiger partial charge >= 0.3 is 0 Å². The van der Waals surface area contributed by atoms with Gasteiger partial charge in [-0.05, 0) is 79.0 Å². The number of hydrogen-bond donors (Lipinski definition) is 1. The van der Waals surface area contributed by atoms with E-state index in [1.54, 1.807) is 24.3 Å². The molecule has 1 fully saturated rings. The molecule has 0 amide bonds. The lowest BCUT2D eigenvalue weighted by Crippen LogP contribution is -2.44. The van der Waals surface area contributed by atoms with E-state index in [0.29, 0.717) is 36.3 Å². The molecule has 1 aromatic carbocycles. The summed E-state index contributed by atoms with van der Waals surface area (Å²) in [6.45, 7) is 5.48. The second kappa shape index (κ2) is 9.82. The van der Waals surface area contributed by atoms with Gasteiger partial charge < -0.3 is 19.0 Å². The zero-order valence-electron chi connectivity index (χ0n) is 18.6. The average Bonchev–Trinajstić information content (AvgIpc) is 3.12. The highest BCUT2D eigenvalue weighted by atomic mass is 79.9. The van der Waals surface area contributed by atoms with E-state index in [1.165, 1.54) is 0 Å². The summed E-state index contributed by atoms with van der Waals surface area (Å²) in [5, 5.41) is 0.975. The Bertz CT molecular complexity index is 1230. The Kier molecular flexibility index (Phi) is 7.06. The number of sulfonamides is 1. The maximum absolute atomic E-state index is 12.9. The van der Waals surface area contributed by atoms with Crippen molar-refractivity contribution in [3.63, 3.8) is 0 Å². The molecule has 1 N–H and O–H groups in total. The van der Waals surface area contributed by atoms with Crippen molar-refractivity contribution < 1.29 is 17.9 Å². The van der Waals surface area contributed by atoms with Gasteiger partial charge in [-0.15, -0.1) is 0 Å². The molecule has 0 saturated carbocycles. The monoisotopic (exact) mass is 534 g/mol. The number of carbonyl (C=O) groups excluding carboxylic acids is 1. The first-order chi connectivity index (χ1) is 15.8. The number of halogens is 1. The number of fused-ring (bicyclic) bond motifs is 1. The van der Waals surface area contributed by atoms with E-state index in [2.05, 4.69) is 30.5 Å². The standard InChI is InChI=1S/C23H27BrN4O4S/c1-16(2)32-18-3-5-19(6-4-18)33(30,31)26-17-9-11-27(12-10-17)21-15-28(13-14-29)23-20(21)7-8-22(24)25-23/h3-8,14-17,26H,9-13H2,1-2H3. The highest BCUT2D eigenvalue weighted by molar-refractivity contribution is 9.10. The smallest absolute Gasteiger partial charge is 0.240 e. The van der Waals surface area contributed by atoms with Gasteiger partial charge in [0.15, 0.2) is 0 Å². The second-order valence-corrected chi connectivity index (χ2v) is 10.9. The van der Waals surface area contributed by atoms with Crippen molar-refractivity contribution >= 4 is 49.0 Å². The fourth-order valence-corrected chi connectivity index (χ4v) is 5.69. The summed E-state index contributed by atoms with van der Waals surface area (Å²) in [5.74, 6) is 0.646. The number of anilines is 1. The van der Waals surface area contributed by atoms with Crippen molar-refractivity contribution in [3.05, 3.63) is 47.2 Å². The van der Waals surface area contributed by atoms with Crippen LogP contribution in [-0.4, -0.2) is 49.5 Å². The van der Waals surface area contributed by atoms with Gasteiger partial charge in [0.1, 0.15) is 22.3 Å². The Morgan fingerprint density at radius 3 is 2.52 bits per heavy atom. The topological polar surface area (TPSA) is 93.5 Å². The summed E-state index contributed by atoms with van der Waals surface area (Å²) >= 11 is 3.39. The Labute approximate surface area is 202 Å². The summed E-state index contributed by atoms with van der Waals surface area (Å²) < 4.78 is 36.7. The molecule has 0 radical (unpaired) electrons. The molecule has 33 heavy (non-hydrogen) atoms. The third-order valence-electron chi connectivity index (χ3n) is 5.60. The highest BCUT2D eigenvalue weighted by Gasteiger charge is 2.26. The lowest BCUT2D eigenvalue weighted by Gasteiger charge is -2.33. The number of rotatable bonds is 8. The van der Waals surface area contributed by atoms with E-state index < -0.39 is 10.0 Å². The molecular weight excluding hydrogens is 508 g/mol. The summed E-state index contributed by atoms with van der Waals surface area (Å²) in [4.78, 5) is 18.1. The SMILES string of the molecule is CC(C)Oc1ccc(S(=O)(=O)NC2CCN(c3cn(CC=O)c4nc(Br)ccc34)CC2)cc1. The molecule has 0 atom stereocenters. The van der Waals surface area contributed by atoms with Crippen LogP contribution >= 0.6 is 15.9 Å². The molecule has 10 heteroatoms. The fourth-order valence-electron chi connectivity index (χ4n) is 4.09. The third-order valence-corrected chi connectivity index (χ3v) is 7.58. The number of pyridine rings is 1. The quantitative estimate of drug-likeness (QED) is 0.349. The van der Waals surface area contributed by atoms with Crippen LogP contribution in [0.25, 0.3) is 11.0 Å². The molecule has 3 heterocycles. The van der Waals surface area contributed by atoms with Crippen LogP contribution in [0.4, 0.5) is 5.69 Å². The number of piperidine rings is 1. The fraction of sp³-hybridized carbons (Fsp3) is 0.391. The molecule has 0 aliphatic carbocycles. The van der Waals surface area contributed by atoms with E-state index >= 15 is 0 Å². The van der Waals surface area contributed by atoms with Gasteiger partial charge in [-0.2, -0.15) is 0 Å². The molecule has 3 aromatic rings. The zero-order chi connectivity index (χ0) is 23.6. The Morgan fingerprint density at radius 1 is 1.18 bits per heavy atom. The summed E-state index contributed by atoms with van der Waals surface area (Å²) in [6.07, 6.45) is 4.19. The minimum absolute atomic E-state index is 0.0283. The predicted molar refractivity (Wildman–Crippen MR) is 131 cm³/mol. The van der Waals surface area contributed by atoms with E-state index in [4.69, 9.17) is 4.74 Å². The van der Waals surface area contributed by atoms with Gasteiger partial charge in [-0.25, -0.2) is 18.1 Å². The first-order valence-corrected chi connectivity index (χ1v) is 13.2. The van der Waals surface area contributed by atoms with E-state index in [-0.39, 0.29) is 23.6 Å². The molecule has 1 aliphatic rings. The average molecular weight is 535 g/mol. The number of hydrogen-bond acceptors (Lipinski definition) is 6. The largest absolute Gasteiger partial charge is 0.491 e.